The SMILES string of the molecule is CC[C@H](C)NCCC(=O)Nc1sc2c(c1-c1nc3cc(C(F)(F)F)ccc3s1)CC(C)NC2C. The van der Waals surface area contributed by atoms with Crippen molar-refractivity contribution in [1.29, 1.82) is 0 Å². The molecule has 0 aliphatic carbocycles. The summed E-state index contributed by atoms with van der Waals surface area (Å²) in [6.07, 6.45) is -2.33. The Bertz CT molecular complexity index is 1190. The second-order valence-corrected chi connectivity index (χ2v) is 11.0. The molecule has 2 aromatic heterocycles. The summed E-state index contributed by atoms with van der Waals surface area (Å²) in [7, 11) is 0. The van der Waals surface area contributed by atoms with Crippen LogP contribution in [0.1, 0.15) is 62.6 Å². The average Bonchev–Trinajstić information content (AvgIpc) is 3.33. The largest absolute Gasteiger partial charge is 0.416 e. The number of nitrogens with zero attached hydrogens (tertiary/aromatic N) is 1. The number of carbonyl (C=O) groups is 1. The first kappa shape index (κ1) is 25.1. The van der Waals surface area contributed by atoms with Crippen molar-refractivity contribution in [2.75, 3.05) is 11.9 Å². The predicted molar refractivity (Wildman–Crippen MR) is 134 cm³/mol. The summed E-state index contributed by atoms with van der Waals surface area (Å²) in [6.45, 7) is 8.94. The smallest absolute Gasteiger partial charge is 0.317 e. The standard InChI is InChI=1S/C24H29F3N4OS2/c1-5-12(2)28-9-8-19(32)31-23-20(16-10-13(3)29-14(4)21(16)34-23)22-30-17-11-15(24(25,26)27)6-7-18(17)33-22/h6-7,11-14,28-29H,5,8-10H2,1-4H3,(H,31,32)/t12-,13?,14?/m0/s1. The maximum atomic E-state index is 13.2. The molecule has 4 rings (SSSR count). The van der Waals surface area contributed by atoms with Crippen LogP contribution in [-0.4, -0.2) is 29.5 Å². The molecule has 0 spiro atoms. The van der Waals surface area contributed by atoms with E-state index in [2.05, 4.69) is 48.6 Å². The van der Waals surface area contributed by atoms with Crippen LogP contribution in [0.3, 0.4) is 0 Å². The number of rotatable bonds is 7. The van der Waals surface area contributed by atoms with E-state index in [9.17, 15) is 18.0 Å². The van der Waals surface area contributed by atoms with E-state index in [-0.39, 0.29) is 18.0 Å². The average molecular weight is 511 g/mol. The van der Waals surface area contributed by atoms with Gasteiger partial charge in [-0.1, -0.05) is 6.92 Å². The molecule has 0 saturated heterocycles. The van der Waals surface area contributed by atoms with Crippen molar-refractivity contribution >= 4 is 43.8 Å². The van der Waals surface area contributed by atoms with Gasteiger partial charge in [-0.2, -0.15) is 13.2 Å². The van der Waals surface area contributed by atoms with Crippen LogP contribution in [0.4, 0.5) is 18.2 Å². The fourth-order valence-corrected chi connectivity index (χ4v) is 6.54. The number of carbonyl (C=O) groups excluding carboxylic acids is 1. The van der Waals surface area contributed by atoms with Gasteiger partial charge in [0.2, 0.25) is 5.91 Å². The maximum absolute atomic E-state index is 13.2. The molecule has 10 heteroatoms. The summed E-state index contributed by atoms with van der Waals surface area (Å²) in [6, 6.07) is 4.37. The van der Waals surface area contributed by atoms with Gasteiger partial charge in [0.15, 0.2) is 0 Å². The van der Waals surface area contributed by atoms with Gasteiger partial charge < -0.3 is 16.0 Å². The highest BCUT2D eigenvalue weighted by molar-refractivity contribution is 7.23. The van der Waals surface area contributed by atoms with Gasteiger partial charge in [-0.15, -0.1) is 22.7 Å². The van der Waals surface area contributed by atoms with Gasteiger partial charge in [0, 0.05) is 41.5 Å². The third-order valence-electron chi connectivity index (χ3n) is 6.12. The second kappa shape index (κ2) is 9.93. The van der Waals surface area contributed by atoms with E-state index in [1.165, 1.54) is 28.7 Å². The Kier molecular flexibility index (Phi) is 7.33. The van der Waals surface area contributed by atoms with Crippen LogP contribution in [0.25, 0.3) is 20.8 Å². The third-order valence-corrected chi connectivity index (χ3v) is 8.50. The Hall–Kier alpha value is -2.01. The first-order valence-electron chi connectivity index (χ1n) is 11.5. The van der Waals surface area contributed by atoms with Gasteiger partial charge in [-0.25, -0.2) is 4.98 Å². The molecule has 5 nitrogen and oxygen atoms in total. The van der Waals surface area contributed by atoms with Crippen molar-refractivity contribution in [3.8, 4) is 10.6 Å². The molecule has 3 heterocycles. The van der Waals surface area contributed by atoms with Crippen LogP contribution in [0.5, 0.6) is 0 Å². The number of fused-ring (bicyclic) bond motifs is 2. The Labute approximate surface area is 205 Å². The van der Waals surface area contributed by atoms with Gasteiger partial charge in [0.05, 0.1) is 15.8 Å². The van der Waals surface area contributed by atoms with Gasteiger partial charge in [-0.05, 0) is 57.4 Å². The van der Waals surface area contributed by atoms with Crippen LogP contribution in [0.2, 0.25) is 0 Å². The van der Waals surface area contributed by atoms with E-state index in [1.54, 1.807) is 0 Å². The van der Waals surface area contributed by atoms with Gasteiger partial charge in [0.25, 0.3) is 0 Å². The zero-order chi connectivity index (χ0) is 24.6. The third kappa shape index (κ3) is 5.30. The topological polar surface area (TPSA) is 66.0 Å². The predicted octanol–water partition coefficient (Wildman–Crippen LogP) is 6.36. The number of amides is 1. The van der Waals surface area contributed by atoms with E-state index < -0.39 is 11.7 Å². The minimum Gasteiger partial charge on any atom is -0.317 e. The number of anilines is 1. The lowest BCUT2D eigenvalue weighted by atomic mass is 9.95. The van der Waals surface area contributed by atoms with Crippen LogP contribution in [0.15, 0.2) is 18.2 Å². The molecule has 3 atom stereocenters. The lowest BCUT2D eigenvalue weighted by Gasteiger charge is -2.26. The number of benzene rings is 1. The molecule has 184 valence electrons. The molecule has 2 unspecified atom stereocenters. The van der Waals surface area contributed by atoms with Crippen molar-refractivity contribution in [2.45, 2.75) is 71.3 Å². The molecular weight excluding hydrogens is 481 g/mol. The van der Waals surface area contributed by atoms with Crippen LogP contribution in [-0.2, 0) is 17.4 Å². The highest BCUT2D eigenvalue weighted by atomic mass is 32.1. The molecule has 3 aromatic rings. The number of alkyl halides is 3. The van der Waals surface area contributed by atoms with Crippen LogP contribution in [0, 0.1) is 0 Å². The fraction of sp³-hybridized carbons (Fsp3) is 0.500. The Morgan fingerprint density at radius 2 is 2.06 bits per heavy atom. The van der Waals surface area contributed by atoms with Gasteiger partial charge in [0.1, 0.15) is 10.0 Å². The molecule has 0 radical (unpaired) electrons. The molecule has 3 N–H and O–H groups in total. The number of thiazole rings is 1. The Morgan fingerprint density at radius 1 is 1.29 bits per heavy atom. The second-order valence-electron chi connectivity index (χ2n) is 8.90. The zero-order valence-electron chi connectivity index (χ0n) is 19.6. The summed E-state index contributed by atoms with van der Waals surface area (Å²) < 4.78 is 40.3. The fourth-order valence-electron chi connectivity index (χ4n) is 4.19. The first-order valence-corrected chi connectivity index (χ1v) is 13.1. The monoisotopic (exact) mass is 510 g/mol. The molecule has 1 aliphatic rings. The van der Waals surface area contributed by atoms with Gasteiger partial charge >= 0.3 is 6.18 Å². The number of thiophene rings is 1. The number of nitrogens with one attached hydrogen (secondary N) is 3. The van der Waals surface area contributed by atoms with E-state index in [0.29, 0.717) is 34.2 Å². The minimum absolute atomic E-state index is 0.0928. The summed E-state index contributed by atoms with van der Waals surface area (Å²) >= 11 is 2.89. The number of aromatic nitrogens is 1. The molecule has 1 amide bonds. The van der Waals surface area contributed by atoms with E-state index in [4.69, 9.17) is 0 Å². The quantitative estimate of drug-likeness (QED) is 0.346. The molecule has 0 bridgehead atoms. The first-order chi connectivity index (χ1) is 16.1. The van der Waals surface area contributed by atoms with Crippen molar-refractivity contribution in [3.63, 3.8) is 0 Å². The minimum atomic E-state index is -4.42. The van der Waals surface area contributed by atoms with Crippen molar-refractivity contribution in [2.24, 2.45) is 0 Å². The van der Waals surface area contributed by atoms with Crippen LogP contribution < -0.4 is 16.0 Å². The van der Waals surface area contributed by atoms with E-state index in [1.807, 2.05) is 0 Å². The van der Waals surface area contributed by atoms with Crippen molar-refractivity contribution < 1.29 is 18.0 Å². The van der Waals surface area contributed by atoms with E-state index in [0.717, 1.165) is 46.0 Å². The Morgan fingerprint density at radius 3 is 2.76 bits per heavy atom. The lowest BCUT2D eigenvalue weighted by Crippen LogP contribution is -2.35. The molecular formula is C24H29F3N4OS2. The normalized spacial score (nSPS) is 19.3. The molecule has 0 saturated carbocycles. The summed E-state index contributed by atoms with van der Waals surface area (Å²) in [5.41, 5.74) is 1.57. The lowest BCUT2D eigenvalue weighted by molar-refractivity contribution is -0.137. The van der Waals surface area contributed by atoms with Gasteiger partial charge in [-0.3, -0.25) is 4.79 Å². The highest BCUT2D eigenvalue weighted by Crippen LogP contribution is 2.48. The maximum Gasteiger partial charge on any atom is 0.416 e. The molecule has 1 aliphatic heterocycles. The number of hydrogen-bond acceptors (Lipinski definition) is 6. The summed E-state index contributed by atoms with van der Waals surface area (Å²) in [4.78, 5) is 18.5. The van der Waals surface area contributed by atoms with E-state index >= 15 is 0 Å². The van der Waals surface area contributed by atoms with Crippen molar-refractivity contribution in [1.82, 2.24) is 15.6 Å². The highest BCUT2D eigenvalue weighted by Gasteiger charge is 2.32. The number of hydrogen-bond donors (Lipinski definition) is 3. The molecule has 34 heavy (non-hydrogen) atoms. The van der Waals surface area contributed by atoms with Crippen LogP contribution >= 0.6 is 22.7 Å². The molecule has 0 fully saturated rings. The zero-order valence-corrected chi connectivity index (χ0v) is 21.2. The number of halogens is 3. The summed E-state index contributed by atoms with van der Waals surface area (Å²) in [5, 5.41) is 11.3. The Balaban J connectivity index is 1.70. The van der Waals surface area contributed by atoms with Crippen molar-refractivity contribution in [3.05, 3.63) is 34.2 Å². The molecule has 1 aromatic carbocycles. The summed E-state index contributed by atoms with van der Waals surface area (Å²) in [5.74, 6) is -0.0928.